The normalized spacial score (nSPS) is 10.4. The number of nitrogens with zero attached hydrogens (tertiary/aromatic N) is 1. The van der Waals surface area contributed by atoms with Gasteiger partial charge in [-0.15, -0.1) is 0 Å². The molecule has 0 aliphatic carbocycles. The van der Waals surface area contributed by atoms with Crippen molar-refractivity contribution in [3.63, 3.8) is 0 Å². The van der Waals surface area contributed by atoms with E-state index in [4.69, 9.17) is 4.74 Å². The number of H-pyrrole nitrogens is 1. The van der Waals surface area contributed by atoms with Crippen LogP contribution in [-0.4, -0.2) is 18.1 Å². The lowest BCUT2D eigenvalue weighted by Gasteiger charge is -2.13. The van der Waals surface area contributed by atoms with Crippen molar-refractivity contribution < 1.29 is 9.53 Å². The highest BCUT2D eigenvalue weighted by Gasteiger charge is 2.22. The number of hydrogen-bond acceptors (Lipinski definition) is 4. The lowest BCUT2D eigenvalue weighted by molar-refractivity contribution is 0.0600. The molecule has 0 aliphatic heterocycles. The van der Waals surface area contributed by atoms with Crippen molar-refractivity contribution in [1.29, 1.82) is 5.26 Å². The quantitative estimate of drug-likeness (QED) is 0.736. The number of pyridine rings is 1. The summed E-state index contributed by atoms with van der Waals surface area (Å²) in [7, 11) is 1.23. The zero-order valence-electron chi connectivity index (χ0n) is 13.2. The Labute approximate surface area is 138 Å². The zero-order valence-corrected chi connectivity index (χ0v) is 13.2. The highest BCUT2D eigenvalue weighted by atomic mass is 16.5. The largest absolute Gasteiger partial charge is 0.465 e. The van der Waals surface area contributed by atoms with Gasteiger partial charge in [-0.3, -0.25) is 4.79 Å². The number of rotatable bonds is 2. The van der Waals surface area contributed by atoms with Gasteiger partial charge in [0.05, 0.1) is 24.3 Å². The van der Waals surface area contributed by atoms with Crippen LogP contribution < -0.4 is 5.56 Å². The maximum atomic E-state index is 12.5. The monoisotopic (exact) mass is 318 g/mol. The number of ether oxygens (including phenoxy) is 1. The fraction of sp³-hybridized carbons (Fsp3) is 0.105. The Kier molecular flexibility index (Phi) is 3.88. The zero-order chi connectivity index (χ0) is 17.3. The van der Waals surface area contributed by atoms with E-state index in [1.54, 1.807) is 12.1 Å². The summed E-state index contributed by atoms with van der Waals surface area (Å²) in [6, 6.07) is 14.6. The van der Waals surface area contributed by atoms with Gasteiger partial charge in [0.1, 0.15) is 5.56 Å². The van der Waals surface area contributed by atoms with E-state index < -0.39 is 11.5 Å². The Bertz CT molecular complexity index is 1040. The van der Waals surface area contributed by atoms with Gasteiger partial charge in [-0.05, 0) is 30.2 Å². The van der Waals surface area contributed by atoms with Gasteiger partial charge in [0.2, 0.25) is 0 Å². The Balaban J connectivity index is 2.56. The molecular formula is C19H14N2O3. The summed E-state index contributed by atoms with van der Waals surface area (Å²) in [5, 5.41) is 9.89. The molecule has 1 heterocycles. The van der Waals surface area contributed by atoms with Crippen molar-refractivity contribution in [2.24, 2.45) is 0 Å². The van der Waals surface area contributed by atoms with Crippen LogP contribution in [0.1, 0.15) is 21.5 Å². The highest BCUT2D eigenvalue weighted by Crippen LogP contribution is 2.31. The predicted molar refractivity (Wildman–Crippen MR) is 90.8 cm³/mol. The number of aryl methyl sites for hydroxylation is 1. The smallest absolute Gasteiger partial charge is 0.344 e. The van der Waals surface area contributed by atoms with E-state index in [1.165, 1.54) is 7.11 Å². The topological polar surface area (TPSA) is 82.9 Å². The van der Waals surface area contributed by atoms with Gasteiger partial charge in [-0.25, -0.2) is 4.79 Å². The van der Waals surface area contributed by atoms with E-state index in [0.29, 0.717) is 27.6 Å². The van der Waals surface area contributed by atoms with Crippen molar-refractivity contribution in [3.05, 3.63) is 69.5 Å². The van der Waals surface area contributed by atoms with Crippen LogP contribution in [0.5, 0.6) is 0 Å². The van der Waals surface area contributed by atoms with Gasteiger partial charge < -0.3 is 9.72 Å². The average molecular weight is 318 g/mol. The number of carbonyl (C=O) groups is 1. The Morgan fingerprint density at radius 3 is 2.54 bits per heavy atom. The third-order valence-electron chi connectivity index (χ3n) is 3.90. The summed E-state index contributed by atoms with van der Waals surface area (Å²) < 4.78 is 4.79. The van der Waals surface area contributed by atoms with Crippen LogP contribution in [0.2, 0.25) is 0 Å². The van der Waals surface area contributed by atoms with Gasteiger partial charge in [0, 0.05) is 10.9 Å². The second kappa shape index (κ2) is 6.01. The molecule has 2 aromatic carbocycles. The number of benzene rings is 2. The molecule has 0 aliphatic rings. The number of hydrogen-bond donors (Lipinski definition) is 1. The summed E-state index contributed by atoms with van der Waals surface area (Å²) >= 11 is 0. The molecule has 0 radical (unpaired) electrons. The predicted octanol–water partition coefficient (Wildman–Crippen LogP) is 3.16. The van der Waals surface area contributed by atoms with E-state index in [-0.39, 0.29) is 5.56 Å². The Morgan fingerprint density at radius 2 is 1.92 bits per heavy atom. The Hall–Kier alpha value is -3.39. The molecule has 118 valence electrons. The van der Waals surface area contributed by atoms with Gasteiger partial charge >= 0.3 is 5.97 Å². The number of nitriles is 1. The van der Waals surface area contributed by atoms with Crippen molar-refractivity contribution in [2.75, 3.05) is 7.11 Å². The highest BCUT2D eigenvalue weighted by molar-refractivity contribution is 6.07. The molecule has 5 heteroatoms. The van der Waals surface area contributed by atoms with Crippen molar-refractivity contribution >= 4 is 16.9 Å². The molecule has 1 N–H and O–H groups in total. The molecule has 3 rings (SSSR count). The van der Waals surface area contributed by atoms with Gasteiger partial charge in [0.25, 0.3) is 5.56 Å². The first kappa shape index (κ1) is 15.5. The van der Waals surface area contributed by atoms with Crippen molar-refractivity contribution in [3.8, 4) is 17.2 Å². The first-order valence-corrected chi connectivity index (χ1v) is 7.31. The lowest BCUT2D eigenvalue weighted by Crippen LogP contribution is -2.21. The summed E-state index contributed by atoms with van der Waals surface area (Å²) in [6.07, 6.45) is 0. The fourth-order valence-corrected chi connectivity index (χ4v) is 2.84. The molecule has 0 atom stereocenters. The number of nitrogens with one attached hydrogen (secondary N) is 1. The summed E-state index contributed by atoms with van der Waals surface area (Å²) in [5.41, 5.74) is 2.43. The first-order chi connectivity index (χ1) is 11.6. The summed E-state index contributed by atoms with van der Waals surface area (Å²) in [6.45, 7) is 1.81. The second-order valence-corrected chi connectivity index (χ2v) is 5.39. The number of fused-ring (bicyclic) bond motifs is 1. The van der Waals surface area contributed by atoms with E-state index in [0.717, 1.165) is 5.56 Å². The molecule has 24 heavy (non-hydrogen) atoms. The molecule has 5 nitrogen and oxygen atoms in total. The number of esters is 1. The van der Waals surface area contributed by atoms with Gasteiger partial charge in [-0.1, -0.05) is 30.3 Å². The molecule has 0 saturated heterocycles. The number of aromatic nitrogens is 1. The summed E-state index contributed by atoms with van der Waals surface area (Å²) in [5.74, 6) is -0.711. The molecule has 0 bridgehead atoms. The average Bonchev–Trinajstić information content (AvgIpc) is 2.61. The van der Waals surface area contributed by atoms with Crippen LogP contribution in [-0.2, 0) is 4.74 Å². The Morgan fingerprint density at radius 1 is 1.21 bits per heavy atom. The molecule has 0 unspecified atom stereocenters. The van der Waals surface area contributed by atoms with E-state index in [1.807, 2.05) is 37.3 Å². The molecule has 0 spiro atoms. The van der Waals surface area contributed by atoms with E-state index in [9.17, 15) is 14.9 Å². The third-order valence-corrected chi connectivity index (χ3v) is 3.90. The maximum Gasteiger partial charge on any atom is 0.344 e. The molecule has 0 fully saturated rings. The minimum Gasteiger partial charge on any atom is -0.465 e. The minimum absolute atomic E-state index is 0.0642. The molecule has 0 amide bonds. The molecule has 0 saturated carbocycles. The van der Waals surface area contributed by atoms with Crippen molar-refractivity contribution in [2.45, 2.75) is 6.92 Å². The van der Waals surface area contributed by atoms with Gasteiger partial charge in [-0.2, -0.15) is 5.26 Å². The fourth-order valence-electron chi connectivity index (χ4n) is 2.84. The second-order valence-electron chi connectivity index (χ2n) is 5.39. The number of carbonyl (C=O) groups excluding carboxylic acids is 1. The molecular weight excluding hydrogens is 304 g/mol. The first-order valence-electron chi connectivity index (χ1n) is 7.31. The maximum absolute atomic E-state index is 12.5. The van der Waals surface area contributed by atoms with Crippen molar-refractivity contribution in [1.82, 2.24) is 4.98 Å². The van der Waals surface area contributed by atoms with Crippen LogP contribution in [0.25, 0.3) is 22.0 Å². The van der Waals surface area contributed by atoms with Crippen LogP contribution in [0.4, 0.5) is 0 Å². The van der Waals surface area contributed by atoms with E-state index >= 15 is 0 Å². The third kappa shape index (κ3) is 2.44. The number of methoxy groups -OCH3 is 1. The number of aromatic amines is 1. The van der Waals surface area contributed by atoms with Gasteiger partial charge in [0.15, 0.2) is 0 Å². The van der Waals surface area contributed by atoms with E-state index in [2.05, 4.69) is 11.1 Å². The molecule has 3 aromatic rings. The lowest BCUT2D eigenvalue weighted by atomic mass is 9.94. The van der Waals surface area contributed by atoms with Crippen LogP contribution >= 0.6 is 0 Å². The minimum atomic E-state index is -0.711. The molecule has 1 aromatic heterocycles. The van der Waals surface area contributed by atoms with Crippen LogP contribution in [0, 0.1) is 18.3 Å². The standard InChI is InChI=1S/C19H14N2O3/c1-11-8-12(10-20)9-14-15(13-6-4-3-5-7-13)16(19(23)24-2)18(22)21-17(11)14/h3-9H,1-2H3,(H,21,22). The summed E-state index contributed by atoms with van der Waals surface area (Å²) in [4.78, 5) is 27.5. The van der Waals surface area contributed by atoms with Crippen LogP contribution in [0.3, 0.4) is 0 Å². The van der Waals surface area contributed by atoms with Crippen LogP contribution in [0.15, 0.2) is 47.3 Å². The SMILES string of the molecule is COC(=O)c1c(-c2ccccc2)c2cc(C#N)cc(C)c2[nH]c1=O.